The van der Waals surface area contributed by atoms with Gasteiger partial charge in [-0.05, 0) is 18.2 Å². The molecule has 1 amide bonds. The first-order valence-corrected chi connectivity index (χ1v) is 6.32. The van der Waals surface area contributed by atoms with E-state index in [1.807, 2.05) is 0 Å². The van der Waals surface area contributed by atoms with Gasteiger partial charge >= 0.3 is 0 Å². The average molecular weight is 317 g/mol. The van der Waals surface area contributed by atoms with Gasteiger partial charge in [0.15, 0.2) is 0 Å². The van der Waals surface area contributed by atoms with E-state index in [2.05, 4.69) is 0 Å². The summed E-state index contributed by atoms with van der Waals surface area (Å²) in [7, 11) is 0. The van der Waals surface area contributed by atoms with Crippen molar-refractivity contribution in [2.24, 2.45) is 0 Å². The van der Waals surface area contributed by atoms with Gasteiger partial charge in [-0.2, -0.15) is 0 Å². The number of carbonyl (C=O) groups is 1. The van der Waals surface area contributed by atoms with Crippen molar-refractivity contribution in [3.8, 4) is 0 Å². The van der Waals surface area contributed by atoms with Gasteiger partial charge < -0.3 is 4.90 Å². The molecule has 0 spiro atoms. The first-order chi connectivity index (χ1) is 8.43. The van der Waals surface area contributed by atoms with Gasteiger partial charge in [0.25, 0.3) is 12.3 Å². The summed E-state index contributed by atoms with van der Waals surface area (Å²) < 4.78 is 24.7. The Morgan fingerprint density at radius 1 is 1.22 bits per heavy atom. The van der Waals surface area contributed by atoms with Gasteiger partial charge in [-0.15, -0.1) is 11.6 Å². The maximum atomic E-state index is 12.4. The molecule has 0 aliphatic carbocycles. The van der Waals surface area contributed by atoms with Crippen LogP contribution in [0.1, 0.15) is 10.4 Å². The van der Waals surface area contributed by atoms with E-state index in [-0.39, 0.29) is 28.0 Å². The van der Waals surface area contributed by atoms with Crippen LogP contribution in [0.5, 0.6) is 0 Å². The lowest BCUT2D eigenvalue weighted by molar-refractivity contribution is 0.0571. The van der Waals surface area contributed by atoms with Gasteiger partial charge in [-0.3, -0.25) is 4.79 Å². The monoisotopic (exact) mass is 315 g/mol. The fraction of sp³-hybridized carbons (Fsp3) is 0.364. The lowest BCUT2D eigenvalue weighted by Gasteiger charge is -2.21. The first kappa shape index (κ1) is 15.5. The smallest absolute Gasteiger partial charge is 0.255 e. The summed E-state index contributed by atoms with van der Waals surface area (Å²) in [5, 5.41) is 0.544. The number of rotatable bonds is 5. The molecule has 1 rings (SSSR count). The quantitative estimate of drug-likeness (QED) is 0.754. The molecule has 0 heterocycles. The molecular weight excluding hydrogens is 306 g/mol. The van der Waals surface area contributed by atoms with E-state index in [0.29, 0.717) is 0 Å². The topological polar surface area (TPSA) is 20.3 Å². The van der Waals surface area contributed by atoms with Gasteiger partial charge in [0.1, 0.15) is 0 Å². The van der Waals surface area contributed by atoms with Crippen LogP contribution in [-0.4, -0.2) is 36.2 Å². The van der Waals surface area contributed by atoms with Crippen LogP contribution in [0.3, 0.4) is 0 Å². The summed E-state index contributed by atoms with van der Waals surface area (Å²) in [6.45, 7) is -0.634. The Labute approximate surface area is 118 Å². The Bertz CT molecular complexity index is 408. The Hall–Kier alpha value is -0.580. The molecule has 0 unspecified atom stereocenters. The second kappa shape index (κ2) is 7.12. The number of alkyl halides is 3. The summed E-state index contributed by atoms with van der Waals surface area (Å²) in [6, 6.07) is 4.21. The predicted octanol–water partition coefficient (Wildman–Crippen LogP) is 3.94. The lowest BCUT2D eigenvalue weighted by Crippen LogP contribution is -2.36. The minimum Gasteiger partial charge on any atom is -0.332 e. The van der Waals surface area contributed by atoms with Gasteiger partial charge in [0.2, 0.25) is 0 Å². The van der Waals surface area contributed by atoms with Gasteiger partial charge in [-0.25, -0.2) is 8.78 Å². The second-order valence-electron chi connectivity index (χ2n) is 3.49. The number of carbonyl (C=O) groups excluding carboxylic acids is 1. The minimum atomic E-state index is -2.62. The minimum absolute atomic E-state index is 0.0366. The summed E-state index contributed by atoms with van der Waals surface area (Å²) in [6.07, 6.45) is -2.62. The largest absolute Gasteiger partial charge is 0.332 e. The fourth-order valence-electron chi connectivity index (χ4n) is 1.40. The van der Waals surface area contributed by atoms with E-state index in [4.69, 9.17) is 34.8 Å². The van der Waals surface area contributed by atoms with E-state index in [0.717, 1.165) is 4.90 Å². The van der Waals surface area contributed by atoms with Crippen molar-refractivity contribution in [3.05, 3.63) is 33.8 Å². The number of halogens is 5. The molecule has 0 saturated heterocycles. The molecule has 0 aromatic heterocycles. The van der Waals surface area contributed by atoms with Gasteiger partial charge in [-0.1, -0.05) is 23.2 Å². The molecule has 0 bridgehead atoms. The van der Waals surface area contributed by atoms with E-state index >= 15 is 0 Å². The highest BCUT2D eigenvalue weighted by Gasteiger charge is 2.19. The number of amides is 1. The van der Waals surface area contributed by atoms with Crippen molar-refractivity contribution >= 4 is 40.7 Å². The van der Waals surface area contributed by atoms with Crippen LogP contribution in [0.15, 0.2) is 18.2 Å². The van der Waals surface area contributed by atoms with Crippen molar-refractivity contribution in [1.82, 2.24) is 4.90 Å². The Morgan fingerprint density at radius 2 is 1.78 bits per heavy atom. The number of nitrogens with zero attached hydrogens (tertiary/aromatic N) is 1. The molecule has 1 aromatic carbocycles. The highest BCUT2D eigenvalue weighted by atomic mass is 35.5. The van der Waals surface area contributed by atoms with Crippen LogP contribution in [0, 0.1) is 0 Å². The fourth-order valence-corrected chi connectivity index (χ4v) is 2.13. The SMILES string of the molecule is O=C(c1cc(Cl)cc(Cl)c1)N(CCCl)CC(F)F. The molecule has 100 valence electrons. The molecule has 0 saturated carbocycles. The summed E-state index contributed by atoms with van der Waals surface area (Å²) in [5.74, 6) is -0.493. The molecular formula is C11H10Cl3F2NO. The van der Waals surface area contributed by atoms with Crippen LogP contribution < -0.4 is 0 Å². The molecule has 1 aromatic rings. The highest BCUT2D eigenvalue weighted by Crippen LogP contribution is 2.20. The lowest BCUT2D eigenvalue weighted by atomic mass is 10.2. The summed E-state index contributed by atoms with van der Waals surface area (Å²) in [5.41, 5.74) is 0.165. The van der Waals surface area contributed by atoms with Crippen LogP contribution in [0.2, 0.25) is 10.0 Å². The molecule has 0 aliphatic rings. The van der Waals surface area contributed by atoms with Crippen molar-refractivity contribution < 1.29 is 13.6 Å². The Kier molecular flexibility index (Phi) is 6.12. The molecule has 0 N–H and O–H groups in total. The molecule has 7 heteroatoms. The van der Waals surface area contributed by atoms with E-state index in [9.17, 15) is 13.6 Å². The molecule has 0 aliphatic heterocycles. The third-order valence-corrected chi connectivity index (χ3v) is 2.72. The Balaban J connectivity index is 2.93. The number of benzene rings is 1. The molecule has 0 fully saturated rings. The third-order valence-electron chi connectivity index (χ3n) is 2.11. The zero-order valence-corrected chi connectivity index (χ0v) is 11.4. The first-order valence-electron chi connectivity index (χ1n) is 5.03. The van der Waals surface area contributed by atoms with E-state index in [1.54, 1.807) is 0 Å². The van der Waals surface area contributed by atoms with E-state index < -0.39 is 18.9 Å². The van der Waals surface area contributed by atoms with Crippen LogP contribution in [-0.2, 0) is 0 Å². The second-order valence-corrected chi connectivity index (χ2v) is 4.74. The predicted molar refractivity (Wildman–Crippen MR) is 69.1 cm³/mol. The standard InChI is InChI=1S/C11H10Cl3F2NO/c12-1-2-17(6-10(15)16)11(18)7-3-8(13)5-9(14)4-7/h3-5,10H,1-2,6H2. The van der Waals surface area contributed by atoms with Crippen molar-refractivity contribution in [1.29, 1.82) is 0 Å². The maximum absolute atomic E-state index is 12.4. The van der Waals surface area contributed by atoms with Crippen molar-refractivity contribution in [2.75, 3.05) is 19.0 Å². The third kappa shape index (κ3) is 4.59. The van der Waals surface area contributed by atoms with Gasteiger partial charge in [0, 0.05) is 28.0 Å². The van der Waals surface area contributed by atoms with Crippen molar-refractivity contribution in [3.63, 3.8) is 0 Å². The average Bonchev–Trinajstić information content (AvgIpc) is 2.25. The normalized spacial score (nSPS) is 10.8. The number of hydrogen-bond donors (Lipinski definition) is 0. The maximum Gasteiger partial charge on any atom is 0.255 e. The Morgan fingerprint density at radius 3 is 2.22 bits per heavy atom. The van der Waals surface area contributed by atoms with Crippen LogP contribution >= 0.6 is 34.8 Å². The zero-order chi connectivity index (χ0) is 13.7. The summed E-state index contributed by atoms with van der Waals surface area (Å²) in [4.78, 5) is 13.0. The highest BCUT2D eigenvalue weighted by molar-refractivity contribution is 6.35. The molecule has 2 nitrogen and oxygen atoms in total. The zero-order valence-electron chi connectivity index (χ0n) is 9.18. The van der Waals surface area contributed by atoms with Crippen LogP contribution in [0.25, 0.3) is 0 Å². The van der Waals surface area contributed by atoms with E-state index in [1.165, 1.54) is 18.2 Å². The van der Waals surface area contributed by atoms with Crippen LogP contribution in [0.4, 0.5) is 8.78 Å². The summed E-state index contributed by atoms with van der Waals surface area (Å²) >= 11 is 17.0. The number of hydrogen-bond acceptors (Lipinski definition) is 1. The molecule has 0 radical (unpaired) electrons. The van der Waals surface area contributed by atoms with Crippen molar-refractivity contribution in [2.45, 2.75) is 6.43 Å². The van der Waals surface area contributed by atoms with Gasteiger partial charge in [0.05, 0.1) is 6.54 Å². The molecule has 18 heavy (non-hydrogen) atoms. The molecule has 0 atom stereocenters.